The Kier molecular flexibility index (Phi) is 6.63. The maximum absolute atomic E-state index is 12.0. The molecule has 1 heterocycles. The maximum Gasteiger partial charge on any atom is 0.238 e. The topological polar surface area (TPSA) is 61.8 Å². The molecule has 116 valence electrons. The van der Waals surface area contributed by atoms with Crippen molar-refractivity contribution >= 4 is 27.5 Å². The summed E-state index contributed by atoms with van der Waals surface area (Å²) in [6.07, 6.45) is 2.02. The first kappa shape index (κ1) is 16.4. The van der Waals surface area contributed by atoms with Crippen molar-refractivity contribution in [2.45, 2.75) is 18.9 Å². The predicted octanol–water partition coefficient (Wildman–Crippen LogP) is 1.86. The SMILES string of the molecule is O=C(CN1CCC(OCCO)CC1)Nc1ccccc1Br. The molecule has 0 saturated carbocycles. The minimum atomic E-state index is -0.00312. The molecule has 5 nitrogen and oxygen atoms in total. The minimum absolute atomic E-state index is 0.00312. The van der Waals surface area contributed by atoms with E-state index in [-0.39, 0.29) is 18.6 Å². The molecule has 1 aliphatic heterocycles. The first-order valence-electron chi connectivity index (χ1n) is 7.18. The van der Waals surface area contributed by atoms with Gasteiger partial charge in [0, 0.05) is 17.6 Å². The third kappa shape index (κ3) is 5.39. The Bertz CT molecular complexity index is 462. The lowest BCUT2D eigenvalue weighted by Crippen LogP contribution is -2.41. The van der Waals surface area contributed by atoms with E-state index in [0.29, 0.717) is 13.2 Å². The fourth-order valence-corrected chi connectivity index (χ4v) is 2.79. The van der Waals surface area contributed by atoms with Gasteiger partial charge in [-0.05, 0) is 40.9 Å². The number of halogens is 1. The van der Waals surface area contributed by atoms with Gasteiger partial charge in [-0.2, -0.15) is 0 Å². The minimum Gasteiger partial charge on any atom is -0.394 e. The quantitative estimate of drug-likeness (QED) is 0.816. The maximum atomic E-state index is 12.0. The van der Waals surface area contributed by atoms with Crippen LogP contribution in [-0.4, -0.2) is 54.9 Å². The van der Waals surface area contributed by atoms with Crippen molar-refractivity contribution < 1.29 is 14.6 Å². The monoisotopic (exact) mass is 356 g/mol. The zero-order chi connectivity index (χ0) is 15.1. The molecule has 0 aromatic heterocycles. The van der Waals surface area contributed by atoms with E-state index in [1.54, 1.807) is 0 Å². The molecule has 1 aliphatic rings. The van der Waals surface area contributed by atoms with Crippen LogP contribution in [0.25, 0.3) is 0 Å². The number of anilines is 1. The van der Waals surface area contributed by atoms with Crippen LogP contribution in [0, 0.1) is 0 Å². The van der Waals surface area contributed by atoms with E-state index in [2.05, 4.69) is 26.1 Å². The van der Waals surface area contributed by atoms with Crippen molar-refractivity contribution in [3.63, 3.8) is 0 Å². The van der Waals surface area contributed by atoms with Gasteiger partial charge in [0.15, 0.2) is 0 Å². The Balaban J connectivity index is 1.73. The number of para-hydroxylation sites is 1. The first-order chi connectivity index (χ1) is 10.2. The molecule has 0 aliphatic carbocycles. The average Bonchev–Trinajstić information content (AvgIpc) is 2.49. The number of hydrogen-bond donors (Lipinski definition) is 2. The summed E-state index contributed by atoms with van der Waals surface area (Å²) in [5, 5.41) is 11.6. The summed E-state index contributed by atoms with van der Waals surface area (Å²) < 4.78 is 6.40. The van der Waals surface area contributed by atoms with Gasteiger partial charge >= 0.3 is 0 Å². The molecule has 1 fully saturated rings. The van der Waals surface area contributed by atoms with Crippen LogP contribution in [0.2, 0.25) is 0 Å². The summed E-state index contributed by atoms with van der Waals surface area (Å²) in [4.78, 5) is 14.2. The van der Waals surface area contributed by atoms with Gasteiger partial charge in [0.05, 0.1) is 31.5 Å². The Morgan fingerprint density at radius 2 is 2.10 bits per heavy atom. The predicted molar refractivity (Wildman–Crippen MR) is 85.3 cm³/mol. The number of amides is 1. The molecule has 0 spiro atoms. The lowest BCUT2D eigenvalue weighted by atomic mass is 10.1. The highest BCUT2D eigenvalue weighted by Crippen LogP contribution is 2.21. The molecule has 2 N–H and O–H groups in total. The van der Waals surface area contributed by atoms with Crippen LogP contribution < -0.4 is 5.32 Å². The van der Waals surface area contributed by atoms with Crippen molar-refractivity contribution in [3.8, 4) is 0 Å². The number of nitrogens with one attached hydrogen (secondary N) is 1. The molecule has 1 saturated heterocycles. The Labute approximate surface area is 133 Å². The molecule has 0 atom stereocenters. The number of likely N-dealkylation sites (tertiary alicyclic amines) is 1. The van der Waals surface area contributed by atoms with E-state index in [4.69, 9.17) is 9.84 Å². The molecule has 1 aromatic carbocycles. The van der Waals surface area contributed by atoms with E-state index in [0.717, 1.165) is 36.1 Å². The van der Waals surface area contributed by atoms with Crippen molar-refractivity contribution in [1.29, 1.82) is 0 Å². The second-order valence-corrected chi connectivity index (χ2v) is 5.95. The Morgan fingerprint density at radius 1 is 1.38 bits per heavy atom. The van der Waals surface area contributed by atoms with Gasteiger partial charge < -0.3 is 15.2 Å². The normalized spacial score (nSPS) is 16.9. The standard InChI is InChI=1S/C15H21BrN2O3/c16-13-3-1-2-4-14(13)17-15(20)11-18-7-5-12(6-8-18)21-10-9-19/h1-4,12,19H,5-11H2,(H,17,20). The Hall–Kier alpha value is -0.950. The number of ether oxygens (including phenoxy) is 1. The van der Waals surface area contributed by atoms with Crippen molar-refractivity contribution in [2.75, 3.05) is 38.2 Å². The Morgan fingerprint density at radius 3 is 2.76 bits per heavy atom. The highest BCUT2D eigenvalue weighted by Gasteiger charge is 2.21. The van der Waals surface area contributed by atoms with Gasteiger partial charge in [0.2, 0.25) is 5.91 Å². The van der Waals surface area contributed by atoms with Crippen molar-refractivity contribution in [1.82, 2.24) is 4.90 Å². The molecule has 2 rings (SSSR count). The van der Waals surface area contributed by atoms with Crippen molar-refractivity contribution in [2.24, 2.45) is 0 Å². The second-order valence-electron chi connectivity index (χ2n) is 5.10. The number of benzene rings is 1. The first-order valence-corrected chi connectivity index (χ1v) is 7.97. The fourth-order valence-electron chi connectivity index (χ4n) is 2.41. The van der Waals surface area contributed by atoms with Gasteiger partial charge in [0.1, 0.15) is 0 Å². The van der Waals surface area contributed by atoms with E-state index in [1.165, 1.54) is 0 Å². The number of hydrogen-bond acceptors (Lipinski definition) is 4. The molecule has 1 aromatic rings. The zero-order valence-electron chi connectivity index (χ0n) is 11.9. The van der Waals surface area contributed by atoms with E-state index in [1.807, 2.05) is 24.3 Å². The summed E-state index contributed by atoms with van der Waals surface area (Å²) in [5.74, 6) is -0.00312. The van der Waals surface area contributed by atoms with Crippen LogP contribution in [0.1, 0.15) is 12.8 Å². The molecule has 0 bridgehead atoms. The number of carbonyl (C=O) groups excluding carboxylic acids is 1. The van der Waals surface area contributed by atoms with Gasteiger partial charge in [-0.15, -0.1) is 0 Å². The average molecular weight is 357 g/mol. The molecular weight excluding hydrogens is 336 g/mol. The molecule has 0 unspecified atom stereocenters. The third-order valence-corrected chi connectivity index (χ3v) is 4.19. The van der Waals surface area contributed by atoms with Gasteiger partial charge in [-0.25, -0.2) is 0 Å². The number of aliphatic hydroxyl groups is 1. The number of aliphatic hydroxyl groups excluding tert-OH is 1. The summed E-state index contributed by atoms with van der Waals surface area (Å²) in [6, 6.07) is 7.58. The van der Waals surface area contributed by atoms with Crippen molar-refractivity contribution in [3.05, 3.63) is 28.7 Å². The summed E-state index contributed by atoms with van der Waals surface area (Å²) >= 11 is 3.42. The van der Waals surface area contributed by atoms with Crippen LogP contribution >= 0.6 is 15.9 Å². The zero-order valence-corrected chi connectivity index (χ0v) is 13.5. The smallest absolute Gasteiger partial charge is 0.238 e. The third-order valence-electron chi connectivity index (χ3n) is 3.49. The lowest BCUT2D eigenvalue weighted by molar-refractivity contribution is -0.118. The second kappa shape index (κ2) is 8.48. The summed E-state index contributed by atoms with van der Waals surface area (Å²) in [6.45, 7) is 2.55. The van der Waals surface area contributed by atoms with Gasteiger partial charge in [-0.3, -0.25) is 9.69 Å². The largest absolute Gasteiger partial charge is 0.394 e. The number of rotatable bonds is 6. The van der Waals surface area contributed by atoms with Gasteiger partial charge in [0.25, 0.3) is 0 Å². The van der Waals surface area contributed by atoms with E-state index >= 15 is 0 Å². The highest BCUT2D eigenvalue weighted by atomic mass is 79.9. The number of nitrogens with zero attached hydrogens (tertiary/aromatic N) is 1. The van der Waals surface area contributed by atoms with Crippen LogP contribution in [0.4, 0.5) is 5.69 Å². The van der Waals surface area contributed by atoms with Crippen LogP contribution in [-0.2, 0) is 9.53 Å². The fraction of sp³-hybridized carbons (Fsp3) is 0.533. The molecular formula is C15H21BrN2O3. The number of piperidine rings is 1. The molecule has 21 heavy (non-hydrogen) atoms. The number of carbonyl (C=O) groups is 1. The van der Waals surface area contributed by atoms with E-state index in [9.17, 15) is 4.79 Å². The van der Waals surface area contributed by atoms with E-state index < -0.39 is 0 Å². The lowest BCUT2D eigenvalue weighted by Gasteiger charge is -2.31. The van der Waals surface area contributed by atoms with Gasteiger partial charge in [-0.1, -0.05) is 12.1 Å². The van der Waals surface area contributed by atoms with Crippen LogP contribution in [0.5, 0.6) is 0 Å². The molecule has 6 heteroatoms. The molecule has 1 amide bonds. The summed E-state index contributed by atoms with van der Waals surface area (Å²) in [5.41, 5.74) is 0.795. The highest BCUT2D eigenvalue weighted by molar-refractivity contribution is 9.10. The summed E-state index contributed by atoms with van der Waals surface area (Å²) in [7, 11) is 0. The van der Waals surface area contributed by atoms with Crippen LogP contribution in [0.15, 0.2) is 28.7 Å². The molecule has 0 radical (unpaired) electrons. The van der Waals surface area contributed by atoms with Crippen LogP contribution in [0.3, 0.4) is 0 Å².